The van der Waals surface area contributed by atoms with Gasteiger partial charge in [0.15, 0.2) is 0 Å². The Bertz CT molecular complexity index is 909. The normalized spacial score (nSPS) is 10.3. The first-order valence-corrected chi connectivity index (χ1v) is 9.49. The van der Waals surface area contributed by atoms with Gasteiger partial charge in [0.2, 0.25) is 0 Å². The standard InChI is InChI=1S/C20H18ClN3O2S/c1-24(19(25)14-4-6-15(21)7-5-14)17-10-8-16(9-11-17)23-20(26)22-13-18-3-2-12-27-18/h2-12H,13H2,1H3,(H2,22,23,26). The first-order chi connectivity index (χ1) is 13.0. The van der Waals surface area contributed by atoms with Crippen LogP contribution in [0.1, 0.15) is 15.2 Å². The molecule has 3 rings (SSSR count). The number of nitrogens with zero attached hydrogens (tertiary/aromatic N) is 1. The molecule has 3 aromatic rings. The molecule has 7 heteroatoms. The van der Waals surface area contributed by atoms with Gasteiger partial charge in [-0.15, -0.1) is 11.3 Å². The third-order valence-electron chi connectivity index (χ3n) is 3.91. The van der Waals surface area contributed by atoms with E-state index in [4.69, 9.17) is 11.6 Å². The molecule has 0 atom stereocenters. The number of anilines is 2. The highest BCUT2D eigenvalue weighted by Crippen LogP contribution is 2.20. The number of amides is 3. The lowest BCUT2D eigenvalue weighted by atomic mass is 10.2. The second-order valence-corrected chi connectivity index (χ2v) is 7.27. The average Bonchev–Trinajstić information content (AvgIpc) is 3.20. The number of thiophene rings is 1. The highest BCUT2D eigenvalue weighted by Gasteiger charge is 2.13. The Hall–Kier alpha value is -2.83. The predicted molar refractivity (Wildman–Crippen MR) is 111 cm³/mol. The van der Waals surface area contributed by atoms with E-state index in [-0.39, 0.29) is 11.9 Å². The number of urea groups is 1. The van der Waals surface area contributed by atoms with Crippen molar-refractivity contribution in [3.8, 4) is 0 Å². The maximum Gasteiger partial charge on any atom is 0.319 e. The second kappa shape index (κ2) is 8.70. The van der Waals surface area contributed by atoms with Crippen molar-refractivity contribution in [2.75, 3.05) is 17.3 Å². The highest BCUT2D eigenvalue weighted by molar-refractivity contribution is 7.09. The number of hydrogen-bond donors (Lipinski definition) is 2. The zero-order chi connectivity index (χ0) is 19.2. The molecule has 0 spiro atoms. The topological polar surface area (TPSA) is 61.4 Å². The summed E-state index contributed by atoms with van der Waals surface area (Å²) in [4.78, 5) is 27.1. The summed E-state index contributed by atoms with van der Waals surface area (Å²) >= 11 is 7.45. The predicted octanol–water partition coefficient (Wildman–Crippen LogP) is 5.00. The summed E-state index contributed by atoms with van der Waals surface area (Å²) in [6, 6.07) is 17.5. The van der Waals surface area contributed by atoms with Crippen molar-refractivity contribution >= 4 is 46.3 Å². The summed E-state index contributed by atoms with van der Waals surface area (Å²) < 4.78 is 0. The number of nitrogens with one attached hydrogen (secondary N) is 2. The van der Waals surface area contributed by atoms with Gasteiger partial charge in [-0.1, -0.05) is 17.7 Å². The summed E-state index contributed by atoms with van der Waals surface area (Å²) in [5.74, 6) is -0.138. The van der Waals surface area contributed by atoms with E-state index in [0.29, 0.717) is 22.8 Å². The van der Waals surface area contributed by atoms with Gasteiger partial charge in [0.25, 0.3) is 5.91 Å². The lowest BCUT2D eigenvalue weighted by molar-refractivity contribution is 0.0993. The molecule has 1 aromatic heterocycles. The number of hydrogen-bond acceptors (Lipinski definition) is 3. The molecule has 3 amide bonds. The van der Waals surface area contributed by atoms with Gasteiger partial charge >= 0.3 is 6.03 Å². The van der Waals surface area contributed by atoms with Crippen LogP contribution in [0, 0.1) is 0 Å². The Kier molecular flexibility index (Phi) is 6.11. The van der Waals surface area contributed by atoms with Crippen molar-refractivity contribution in [1.82, 2.24) is 5.32 Å². The van der Waals surface area contributed by atoms with Crippen LogP contribution in [0.15, 0.2) is 66.0 Å². The molecular formula is C20H18ClN3O2S. The maximum atomic E-state index is 12.5. The fourth-order valence-corrected chi connectivity index (χ4v) is 3.20. The third kappa shape index (κ3) is 5.09. The van der Waals surface area contributed by atoms with Crippen LogP contribution in [0.5, 0.6) is 0 Å². The van der Waals surface area contributed by atoms with Crippen LogP contribution in [-0.2, 0) is 6.54 Å². The Labute approximate surface area is 166 Å². The molecule has 0 bridgehead atoms. The van der Waals surface area contributed by atoms with Crippen LogP contribution < -0.4 is 15.5 Å². The molecule has 0 unspecified atom stereocenters. The van der Waals surface area contributed by atoms with Crippen molar-refractivity contribution < 1.29 is 9.59 Å². The summed E-state index contributed by atoms with van der Waals surface area (Å²) in [6.45, 7) is 0.486. The largest absolute Gasteiger partial charge is 0.333 e. The molecule has 27 heavy (non-hydrogen) atoms. The molecule has 2 N–H and O–H groups in total. The molecule has 0 aliphatic heterocycles. The van der Waals surface area contributed by atoms with Gasteiger partial charge in [0.05, 0.1) is 6.54 Å². The van der Waals surface area contributed by atoms with Crippen LogP contribution in [0.25, 0.3) is 0 Å². The molecule has 0 aliphatic carbocycles. The van der Waals surface area contributed by atoms with Gasteiger partial charge in [-0.25, -0.2) is 4.79 Å². The summed E-state index contributed by atoms with van der Waals surface area (Å²) in [5, 5.41) is 8.13. The Morgan fingerprint density at radius 3 is 2.37 bits per heavy atom. The van der Waals surface area contributed by atoms with Crippen LogP contribution >= 0.6 is 22.9 Å². The van der Waals surface area contributed by atoms with Crippen LogP contribution in [0.2, 0.25) is 5.02 Å². The zero-order valence-electron chi connectivity index (χ0n) is 14.6. The molecule has 138 valence electrons. The van der Waals surface area contributed by atoms with E-state index in [9.17, 15) is 9.59 Å². The average molecular weight is 400 g/mol. The van der Waals surface area contributed by atoms with Gasteiger partial charge in [-0.05, 0) is 60.0 Å². The highest BCUT2D eigenvalue weighted by atomic mass is 35.5. The fourth-order valence-electron chi connectivity index (χ4n) is 2.43. The lowest BCUT2D eigenvalue weighted by Gasteiger charge is -2.18. The fraction of sp³-hybridized carbons (Fsp3) is 0.100. The first kappa shape index (κ1) is 18.9. The lowest BCUT2D eigenvalue weighted by Crippen LogP contribution is -2.28. The number of carbonyl (C=O) groups is 2. The Balaban J connectivity index is 1.58. The number of carbonyl (C=O) groups excluding carboxylic acids is 2. The SMILES string of the molecule is CN(C(=O)c1ccc(Cl)cc1)c1ccc(NC(=O)NCc2cccs2)cc1. The van der Waals surface area contributed by atoms with E-state index >= 15 is 0 Å². The van der Waals surface area contributed by atoms with Gasteiger partial charge in [0.1, 0.15) is 0 Å². The van der Waals surface area contributed by atoms with Crippen LogP contribution in [0.3, 0.4) is 0 Å². The zero-order valence-corrected chi connectivity index (χ0v) is 16.2. The Morgan fingerprint density at radius 1 is 1.04 bits per heavy atom. The van der Waals surface area contributed by atoms with E-state index in [1.807, 2.05) is 17.5 Å². The van der Waals surface area contributed by atoms with Crippen molar-refractivity contribution in [3.05, 3.63) is 81.5 Å². The van der Waals surface area contributed by atoms with Crippen LogP contribution in [-0.4, -0.2) is 19.0 Å². The molecule has 0 saturated carbocycles. The number of benzene rings is 2. The molecule has 0 saturated heterocycles. The summed E-state index contributed by atoms with van der Waals surface area (Å²) in [7, 11) is 1.70. The molecule has 2 aromatic carbocycles. The first-order valence-electron chi connectivity index (χ1n) is 8.24. The molecule has 0 radical (unpaired) electrons. The van der Waals surface area contributed by atoms with E-state index in [2.05, 4.69) is 10.6 Å². The Morgan fingerprint density at radius 2 is 1.74 bits per heavy atom. The van der Waals surface area contributed by atoms with Crippen molar-refractivity contribution in [3.63, 3.8) is 0 Å². The minimum atomic E-state index is -0.276. The smallest absolute Gasteiger partial charge is 0.319 e. The molecule has 5 nitrogen and oxygen atoms in total. The minimum absolute atomic E-state index is 0.138. The number of halogens is 1. The van der Waals surface area contributed by atoms with Crippen molar-refractivity contribution in [2.24, 2.45) is 0 Å². The quantitative estimate of drug-likeness (QED) is 0.634. The third-order valence-corrected chi connectivity index (χ3v) is 5.04. The van der Waals surface area contributed by atoms with Crippen molar-refractivity contribution in [1.29, 1.82) is 0 Å². The molecule has 1 heterocycles. The van der Waals surface area contributed by atoms with E-state index < -0.39 is 0 Å². The van der Waals surface area contributed by atoms with Gasteiger partial charge in [-0.3, -0.25) is 4.79 Å². The summed E-state index contributed by atoms with van der Waals surface area (Å²) in [5.41, 5.74) is 1.92. The summed E-state index contributed by atoms with van der Waals surface area (Å²) in [6.07, 6.45) is 0. The molecule has 0 aliphatic rings. The van der Waals surface area contributed by atoms with Crippen molar-refractivity contribution in [2.45, 2.75) is 6.54 Å². The maximum absolute atomic E-state index is 12.5. The molecular weight excluding hydrogens is 382 g/mol. The van der Waals surface area contributed by atoms with E-state index in [0.717, 1.165) is 10.6 Å². The van der Waals surface area contributed by atoms with Gasteiger partial charge in [-0.2, -0.15) is 0 Å². The van der Waals surface area contributed by atoms with E-state index in [1.165, 1.54) is 0 Å². The number of rotatable bonds is 5. The van der Waals surface area contributed by atoms with E-state index in [1.54, 1.807) is 71.8 Å². The van der Waals surface area contributed by atoms with Gasteiger partial charge < -0.3 is 15.5 Å². The monoisotopic (exact) mass is 399 g/mol. The van der Waals surface area contributed by atoms with Gasteiger partial charge in [0, 0.05) is 33.9 Å². The second-order valence-electron chi connectivity index (χ2n) is 5.80. The minimum Gasteiger partial charge on any atom is -0.333 e. The van der Waals surface area contributed by atoms with Crippen LogP contribution in [0.4, 0.5) is 16.2 Å². The molecule has 0 fully saturated rings.